The average molecular weight is 410 g/mol. The van der Waals surface area contributed by atoms with E-state index >= 15 is 0 Å². The van der Waals surface area contributed by atoms with Gasteiger partial charge in [0.1, 0.15) is 0 Å². The Balaban J connectivity index is 1.19. The van der Waals surface area contributed by atoms with E-state index in [1.165, 1.54) is 50.1 Å². The molecule has 2 fully saturated rings. The van der Waals surface area contributed by atoms with Crippen molar-refractivity contribution in [3.63, 3.8) is 0 Å². The molecule has 0 amide bonds. The number of nitrogens with zero attached hydrogens (tertiary/aromatic N) is 2. The molecule has 0 radical (unpaired) electrons. The number of hydrogen-bond donors (Lipinski definition) is 3. The van der Waals surface area contributed by atoms with Crippen LogP contribution in [0.1, 0.15) is 39.0 Å². The zero-order chi connectivity index (χ0) is 21.0. The van der Waals surface area contributed by atoms with Gasteiger partial charge >= 0.3 is 0 Å². The number of nitrogens with two attached hydrogens (primary N) is 1. The molecular weight excluding hydrogens is 370 g/mol. The highest BCUT2D eigenvalue weighted by Crippen LogP contribution is 2.32. The number of allylic oxidation sites excluding steroid dienone is 1. The van der Waals surface area contributed by atoms with Crippen LogP contribution < -0.4 is 21.3 Å². The Hall–Kier alpha value is -1.98. The zero-order valence-corrected chi connectivity index (χ0v) is 18.7. The Kier molecular flexibility index (Phi) is 6.69. The SMILES string of the molecule is CNc1ccc(N2CCC(NCC3(C)CCN(C4C=CC(N)=CC4)CC3)CC2)cc1. The number of likely N-dealkylation sites (tertiary alicyclic amines) is 1. The summed E-state index contributed by atoms with van der Waals surface area (Å²) in [5.74, 6) is 0. The van der Waals surface area contributed by atoms with Crippen LogP contribution in [-0.2, 0) is 0 Å². The van der Waals surface area contributed by atoms with Crippen molar-refractivity contribution >= 4 is 11.4 Å². The van der Waals surface area contributed by atoms with Crippen molar-refractivity contribution in [2.75, 3.05) is 50.0 Å². The third kappa shape index (κ3) is 5.19. The number of piperidine rings is 2. The number of rotatable bonds is 6. The Morgan fingerprint density at radius 1 is 1.07 bits per heavy atom. The predicted octanol–water partition coefficient (Wildman–Crippen LogP) is 3.56. The highest BCUT2D eigenvalue weighted by molar-refractivity contribution is 5.55. The van der Waals surface area contributed by atoms with Crippen LogP contribution >= 0.6 is 0 Å². The predicted molar refractivity (Wildman–Crippen MR) is 128 cm³/mol. The molecule has 0 spiro atoms. The summed E-state index contributed by atoms with van der Waals surface area (Å²) >= 11 is 0. The summed E-state index contributed by atoms with van der Waals surface area (Å²) in [7, 11) is 1.97. The Morgan fingerprint density at radius 2 is 1.77 bits per heavy atom. The smallest absolute Gasteiger partial charge is 0.0367 e. The molecule has 0 saturated carbocycles. The molecule has 2 aliphatic heterocycles. The minimum atomic E-state index is 0.421. The Morgan fingerprint density at radius 3 is 2.37 bits per heavy atom. The first-order chi connectivity index (χ1) is 14.5. The second kappa shape index (κ2) is 9.44. The van der Waals surface area contributed by atoms with Crippen LogP contribution in [0.15, 0.2) is 48.2 Å². The number of hydrogen-bond acceptors (Lipinski definition) is 5. The van der Waals surface area contributed by atoms with Gasteiger partial charge in [-0.05, 0) is 81.0 Å². The summed E-state index contributed by atoms with van der Waals surface area (Å²) in [5.41, 5.74) is 9.73. The zero-order valence-electron chi connectivity index (χ0n) is 18.7. The first kappa shape index (κ1) is 21.3. The van der Waals surface area contributed by atoms with Gasteiger partial charge in [0, 0.05) is 55.8 Å². The van der Waals surface area contributed by atoms with Crippen molar-refractivity contribution in [1.29, 1.82) is 0 Å². The van der Waals surface area contributed by atoms with Crippen molar-refractivity contribution in [1.82, 2.24) is 10.2 Å². The Labute approximate surface area is 182 Å². The first-order valence-electron chi connectivity index (χ1n) is 11.7. The maximum atomic E-state index is 5.88. The molecule has 1 aromatic carbocycles. The average Bonchev–Trinajstić information content (AvgIpc) is 2.79. The summed E-state index contributed by atoms with van der Waals surface area (Å²) in [6, 6.07) is 10.0. The van der Waals surface area contributed by atoms with E-state index < -0.39 is 0 Å². The van der Waals surface area contributed by atoms with E-state index in [0.717, 1.165) is 31.8 Å². The molecular formula is C25H39N5. The normalized spacial score (nSPS) is 25.2. The van der Waals surface area contributed by atoms with Gasteiger partial charge in [-0.15, -0.1) is 0 Å². The van der Waals surface area contributed by atoms with Crippen molar-refractivity contribution in [2.24, 2.45) is 11.1 Å². The third-order valence-electron chi connectivity index (χ3n) is 7.41. The van der Waals surface area contributed by atoms with Crippen LogP contribution in [0.2, 0.25) is 0 Å². The molecule has 1 atom stereocenters. The standard InChI is InChI=1S/C25H39N5/c1-25(13-17-30(18-14-25)23-7-3-20(26)4-8-23)19-28-22-11-15-29(16-12-22)24-9-5-21(27-2)6-10-24/h3-7,9-10,22-23,27-28H,8,11-19,26H2,1-2H3. The molecule has 4 N–H and O–H groups in total. The van der Waals surface area contributed by atoms with Crippen LogP contribution in [-0.4, -0.2) is 56.8 Å². The van der Waals surface area contributed by atoms with Crippen molar-refractivity contribution in [3.05, 3.63) is 48.2 Å². The molecule has 2 saturated heterocycles. The van der Waals surface area contributed by atoms with E-state index in [1.807, 2.05) is 7.05 Å². The minimum absolute atomic E-state index is 0.421. The van der Waals surface area contributed by atoms with Gasteiger partial charge in [-0.2, -0.15) is 0 Å². The van der Waals surface area contributed by atoms with Gasteiger partial charge in [0.05, 0.1) is 0 Å². The van der Waals surface area contributed by atoms with Gasteiger partial charge in [0.15, 0.2) is 0 Å². The second-order valence-electron chi connectivity index (χ2n) is 9.65. The summed E-state index contributed by atoms with van der Waals surface area (Å²) in [5, 5.41) is 7.12. The number of benzene rings is 1. The topological polar surface area (TPSA) is 56.6 Å². The van der Waals surface area contributed by atoms with E-state index in [2.05, 4.69) is 69.9 Å². The highest BCUT2D eigenvalue weighted by atomic mass is 15.2. The first-order valence-corrected chi connectivity index (χ1v) is 11.7. The number of nitrogens with one attached hydrogen (secondary N) is 2. The summed E-state index contributed by atoms with van der Waals surface area (Å²) in [6.45, 7) is 8.31. The lowest BCUT2D eigenvalue weighted by atomic mass is 9.79. The van der Waals surface area contributed by atoms with E-state index in [-0.39, 0.29) is 0 Å². The van der Waals surface area contributed by atoms with Crippen molar-refractivity contribution in [3.8, 4) is 0 Å². The lowest BCUT2D eigenvalue weighted by Crippen LogP contribution is -2.50. The van der Waals surface area contributed by atoms with Gasteiger partial charge in [-0.3, -0.25) is 4.90 Å². The third-order valence-corrected chi connectivity index (χ3v) is 7.41. The van der Waals surface area contributed by atoms with Crippen LogP contribution in [0.3, 0.4) is 0 Å². The fraction of sp³-hybridized carbons (Fsp3) is 0.600. The lowest BCUT2D eigenvalue weighted by molar-refractivity contribution is 0.0942. The molecule has 164 valence electrons. The lowest BCUT2D eigenvalue weighted by Gasteiger charge is -2.43. The van der Waals surface area contributed by atoms with E-state index in [0.29, 0.717) is 17.5 Å². The molecule has 5 nitrogen and oxygen atoms in total. The van der Waals surface area contributed by atoms with E-state index in [1.54, 1.807) is 0 Å². The van der Waals surface area contributed by atoms with Crippen molar-refractivity contribution in [2.45, 2.75) is 51.1 Å². The van der Waals surface area contributed by atoms with Gasteiger partial charge in [0.2, 0.25) is 0 Å². The molecule has 4 rings (SSSR count). The molecule has 1 aliphatic carbocycles. The molecule has 5 heteroatoms. The molecule has 30 heavy (non-hydrogen) atoms. The van der Waals surface area contributed by atoms with E-state index in [4.69, 9.17) is 5.73 Å². The fourth-order valence-corrected chi connectivity index (χ4v) is 5.04. The maximum Gasteiger partial charge on any atom is 0.0367 e. The molecule has 0 aromatic heterocycles. The van der Waals surface area contributed by atoms with Gasteiger partial charge in [-0.1, -0.05) is 19.1 Å². The monoisotopic (exact) mass is 409 g/mol. The second-order valence-corrected chi connectivity index (χ2v) is 9.65. The van der Waals surface area contributed by atoms with Gasteiger partial charge in [0.25, 0.3) is 0 Å². The fourth-order valence-electron chi connectivity index (χ4n) is 5.04. The van der Waals surface area contributed by atoms with Gasteiger partial charge < -0.3 is 21.3 Å². The minimum Gasteiger partial charge on any atom is -0.399 e. The van der Waals surface area contributed by atoms with E-state index in [9.17, 15) is 0 Å². The quantitative estimate of drug-likeness (QED) is 0.671. The highest BCUT2D eigenvalue weighted by Gasteiger charge is 2.33. The van der Waals surface area contributed by atoms with Gasteiger partial charge in [-0.25, -0.2) is 0 Å². The van der Waals surface area contributed by atoms with Crippen LogP contribution in [0.4, 0.5) is 11.4 Å². The summed E-state index contributed by atoms with van der Waals surface area (Å²) in [6.07, 6.45) is 12.6. The summed E-state index contributed by atoms with van der Waals surface area (Å²) in [4.78, 5) is 5.16. The molecule has 1 unspecified atom stereocenters. The van der Waals surface area contributed by atoms with Crippen LogP contribution in [0, 0.1) is 5.41 Å². The largest absolute Gasteiger partial charge is 0.399 e. The van der Waals surface area contributed by atoms with Crippen molar-refractivity contribution < 1.29 is 0 Å². The molecule has 1 aromatic rings. The molecule has 2 heterocycles. The number of anilines is 2. The molecule has 0 bridgehead atoms. The van der Waals surface area contributed by atoms with Crippen LogP contribution in [0.5, 0.6) is 0 Å². The van der Waals surface area contributed by atoms with Crippen LogP contribution in [0.25, 0.3) is 0 Å². The Bertz CT molecular complexity index is 737. The maximum absolute atomic E-state index is 5.88. The molecule has 3 aliphatic rings. The summed E-state index contributed by atoms with van der Waals surface area (Å²) < 4.78 is 0.